The third kappa shape index (κ3) is 6.11. The summed E-state index contributed by atoms with van der Waals surface area (Å²) in [6.07, 6.45) is 0. The van der Waals surface area contributed by atoms with E-state index >= 15 is 0 Å². The van der Waals surface area contributed by atoms with E-state index < -0.39 is 16.6 Å². The molecule has 0 N–H and O–H groups in total. The minimum Gasteiger partial charge on any atom is -0.543 e. The summed E-state index contributed by atoms with van der Waals surface area (Å²) in [6.45, 7) is 27.6. The Bertz CT molecular complexity index is 712. The van der Waals surface area contributed by atoms with E-state index in [0.29, 0.717) is 24.4 Å². The number of carbonyl (C=O) groups excluding carboxylic acids is 1. The van der Waals surface area contributed by atoms with Crippen molar-refractivity contribution in [2.24, 2.45) is 0 Å². The van der Waals surface area contributed by atoms with Crippen LogP contribution in [-0.4, -0.2) is 40.5 Å². The highest BCUT2D eigenvalue weighted by atomic mass is 28.4. The molecule has 0 bridgehead atoms. The predicted octanol–water partition coefficient (Wildman–Crippen LogP) is 6.94. The van der Waals surface area contributed by atoms with Crippen LogP contribution in [-0.2, 0) is 0 Å². The maximum absolute atomic E-state index is 13.1. The van der Waals surface area contributed by atoms with E-state index in [9.17, 15) is 4.79 Å². The molecule has 0 heterocycles. The third-order valence-corrected chi connectivity index (χ3v) is 15.3. The van der Waals surface area contributed by atoms with Crippen LogP contribution < -0.4 is 8.85 Å². The molecule has 0 aliphatic rings. The van der Waals surface area contributed by atoms with Crippen LogP contribution in [0.3, 0.4) is 0 Å². The average Bonchev–Trinajstić information content (AvgIpc) is 2.53. The zero-order valence-corrected chi connectivity index (χ0v) is 22.8. The Hall–Kier alpha value is -1.28. The van der Waals surface area contributed by atoms with Gasteiger partial charge in [-0.05, 0) is 62.2 Å². The van der Waals surface area contributed by atoms with Crippen molar-refractivity contribution >= 4 is 22.5 Å². The summed E-state index contributed by atoms with van der Waals surface area (Å²) in [6, 6.07) is 5.75. The Morgan fingerprint density at radius 2 is 1.31 bits per heavy atom. The van der Waals surface area contributed by atoms with Crippen molar-refractivity contribution in [3.8, 4) is 11.5 Å². The Morgan fingerprint density at radius 3 is 1.72 bits per heavy atom. The number of rotatable bonds is 7. The molecule has 166 valence electrons. The second-order valence-electron chi connectivity index (χ2n) is 10.9. The van der Waals surface area contributed by atoms with Gasteiger partial charge in [0.25, 0.3) is 14.2 Å². The average molecular weight is 438 g/mol. The van der Waals surface area contributed by atoms with Gasteiger partial charge in [-0.25, -0.2) is 0 Å². The summed E-state index contributed by atoms with van der Waals surface area (Å²) in [5, 5.41) is 0.141. The minimum absolute atomic E-state index is 0.0163. The summed E-state index contributed by atoms with van der Waals surface area (Å²) in [5.41, 5.74) is 0.626. The van der Waals surface area contributed by atoms with Gasteiger partial charge in [-0.3, -0.25) is 4.79 Å². The first-order valence-electron chi connectivity index (χ1n) is 10.8. The molecule has 1 amide bonds. The van der Waals surface area contributed by atoms with Gasteiger partial charge >= 0.3 is 0 Å². The van der Waals surface area contributed by atoms with Crippen molar-refractivity contribution in [3.63, 3.8) is 0 Å². The number of nitrogens with zero attached hydrogens (tertiary/aromatic N) is 1. The van der Waals surface area contributed by atoms with E-state index in [2.05, 4.69) is 67.7 Å². The topological polar surface area (TPSA) is 38.8 Å². The van der Waals surface area contributed by atoms with Crippen LogP contribution in [0.2, 0.25) is 36.3 Å². The second-order valence-corrected chi connectivity index (χ2v) is 20.3. The third-order valence-electron chi connectivity index (χ3n) is 6.58. The number of benzene rings is 1. The van der Waals surface area contributed by atoms with E-state index in [1.807, 2.05) is 36.9 Å². The van der Waals surface area contributed by atoms with Crippen LogP contribution in [0.25, 0.3) is 0 Å². The summed E-state index contributed by atoms with van der Waals surface area (Å²) >= 11 is 0. The van der Waals surface area contributed by atoms with Gasteiger partial charge in [-0.1, -0.05) is 41.5 Å². The first-order chi connectivity index (χ1) is 13.0. The lowest BCUT2D eigenvalue weighted by Gasteiger charge is -2.38. The highest BCUT2D eigenvalue weighted by Crippen LogP contribution is 2.41. The van der Waals surface area contributed by atoms with Gasteiger partial charge < -0.3 is 13.8 Å². The molecule has 0 atom stereocenters. The molecule has 0 saturated heterocycles. The zero-order valence-electron chi connectivity index (χ0n) is 20.8. The lowest BCUT2D eigenvalue weighted by Crippen LogP contribution is -2.45. The van der Waals surface area contributed by atoms with Gasteiger partial charge in [0.05, 0.1) is 5.56 Å². The summed E-state index contributed by atoms with van der Waals surface area (Å²) in [4.78, 5) is 15.0. The molecule has 29 heavy (non-hydrogen) atoms. The highest BCUT2D eigenvalue weighted by molar-refractivity contribution is 6.75. The number of amides is 1. The quantitative estimate of drug-likeness (QED) is 0.434. The fourth-order valence-corrected chi connectivity index (χ4v) is 4.43. The fraction of sp³-hybridized carbons (Fsp3) is 0.696. The van der Waals surface area contributed by atoms with Gasteiger partial charge in [-0.2, -0.15) is 0 Å². The molecule has 4 nitrogen and oxygen atoms in total. The lowest BCUT2D eigenvalue weighted by atomic mass is 10.1. The SMILES string of the molecule is CCN(CC)C(=O)c1ccc(O[Si](C)(C)C(C)(C)C)cc1O[Si](C)(C)C(C)(C)C. The molecule has 1 aromatic rings. The van der Waals surface area contributed by atoms with Crippen molar-refractivity contribution < 1.29 is 13.6 Å². The Balaban J connectivity index is 3.46. The molecule has 1 aromatic carbocycles. The van der Waals surface area contributed by atoms with Gasteiger partial charge in [0.2, 0.25) is 8.32 Å². The molecular weight excluding hydrogens is 394 g/mol. The van der Waals surface area contributed by atoms with Crippen molar-refractivity contribution in [1.29, 1.82) is 0 Å². The Labute approximate surface area is 181 Å². The summed E-state index contributed by atoms with van der Waals surface area (Å²) in [7, 11) is -4.09. The van der Waals surface area contributed by atoms with E-state index in [1.54, 1.807) is 0 Å². The fourth-order valence-electron chi connectivity index (χ4n) is 2.38. The molecule has 0 saturated carbocycles. The van der Waals surface area contributed by atoms with Crippen LogP contribution >= 0.6 is 0 Å². The number of hydrogen-bond acceptors (Lipinski definition) is 3. The van der Waals surface area contributed by atoms with Gasteiger partial charge in [0.1, 0.15) is 11.5 Å². The predicted molar refractivity (Wildman–Crippen MR) is 129 cm³/mol. The minimum atomic E-state index is -2.11. The van der Waals surface area contributed by atoms with Crippen molar-refractivity contribution in [2.75, 3.05) is 13.1 Å². The molecule has 0 spiro atoms. The molecule has 0 unspecified atom stereocenters. The monoisotopic (exact) mass is 437 g/mol. The second kappa shape index (κ2) is 8.84. The van der Waals surface area contributed by atoms with Crippen LogP contribution in [0.5, 0.6) is 11.5 Å². The molecule has 0 radical (unpaired) electrons. The van der Waals surface area contributed by atoms with E-state index in [0.717, 1.165) is 5.75 Å². The van der Waals surface area contributed by atoms with Crippen LogP contribution in [0.1, 0.15) is 65.7 Å². The van der Waals surface area contributed by atoms with E-state index in [1.165, 1.54) is 0 Å². The van der Waals surface area contributed by atoms with Crippen LogP contribution in [0.4, 0.5) is 0 Å². The smallest absolute Gasteiger partial charge is 0.257 e. The summed E-state index contributed by atoms with van der Waals surface area (Å²) in [5.74, 6) is 1.47. The molecule has 0 aliphatic heterocycles. The van der Waals surface area contributed by atoms with Gasteiger partial charge in [-0.15, -0.1) is 0 Å². The zero-order chi connectivity index (χ0) is 22.8. The molecule has 0 aliphatic carbocycles. The molecule has 6 heteroatoms. The van der Waals surface area contributed by atoms with Crippen molar-refractivity contribution in [3.05, 3.63) is 23.8 Å². The largest absolute Gasteiger partial charge is 0.543 e. The van der Waals surface area contributed by atoms with Crippen molar-refractivity contribution in [2.45, 2.75) is 91.7 Å². The van der Waals surface area contributed by atoms with Crippen molar-refractivity contribution in [1.82, 2.24) is 4.90 Å². The van der Waals surface area contributed by atoms with Crippen LogP contribution in [0, 0.1) is 0 Å². The van der Waals surface area contributed by atoms with E-state index in [4.69, 9.17) is 8.85 Å². The van der Waals surface area contributed by atoms with Crippen LogP contribution in [0.15, 0.2) is 18.2 Å². The molecule has 1 rings (SSSR count). The Kier molecular flexibility index (Phi) is 7.85. The van der Waals surface area contributed by atoms with Gasteiger partial charge in [0.15, 0.2) is 0 Å². The standard InChI is InChI=1S/C23H43NO3Si2/c1-13-24(14-2)21(25)19-16-15-18(26-28(9,10)22(3,4)5)17-20(19)27-29(11,12)23(6,7)8/h15-17H,13-14H2,1-12H3. The maximum Gasteiger partial charge on any atom is 0.257 e. The first kappa shape index (κ1) is 25.8. The Morgan fingerprint density at radius 1 is 0.862 bits per heavy atom. The molecule has 0 fully saturated rings. The van der Waals surface area contributed by atoms with Gasteiger partial charge in [0, 0.05) is 19.2 Å². The highest BCUT2D eigenvalue weighted by Gasteiger charge is 2.41. The molecule has 0 aromatic heterocycles. The number of hydrogen-bond donors (Lipinski definition) is 0. The van der Waals surface area contributed by atoms with E-state index in [-0.39, 0.29) is 16.0 Å². The molecular formula is C23H43NO3Si2. The lowest BCUT2D eigenvalue weighted by molar-refractivity contribution is 0.0771. The number of carbonyl (C=O) groups is 1. The normalized spacial score (nSPS) is 13.2. The first-order valence-corrected chi connectivity index (χ1v) is 16.6. The maximum atomic E-state index is 13.1. The summed E-state index contributed by atoms with van der Waals surface area (Å²) < 4.78 is 13.1.